The van der Waals surface area contributed by atoms with E-state index in [0.29, 0.717) is 29.7 Å². The van der Waals surface area contributed by atoms with Gasteiger partial charge in [0.05, 0.1) is 28.7 Å². The molecule has 3 aromatic rings. The zero-order valence-corrected chi connectivity index (χ0v) is 16.7. The second-order valence-corrected chi connectivity index (χ2v) is 7.73. The Balaban J connectivity index is 1.53. The van der Waals surface area contributed by atoms with Crippen molar-refractivity contribution < 1.29 is 9.53 Å². The Labute approximate surface area is 171 Å². The molecule has 142 valence electrons. The number of nitrogens with zero attached hydrogens (tertiary/aromatic N) is 3. The van der Waals surface area contributed by atoms with Crippen molar-refractivity contribution >= 4 is 34.7 Å². The maximum absolute atomic E-state index is 12.8. The molecule has 0 aromatic carbocycles. The van der Waals surface area contributed by atoms with Gasteiger partial charge in [0.2, 0.25) is 0 Å². The number of carbonyl (C=O) groups is 1. The number of aryl methyl sites for hydroxylation is 1. The van der Waals surface area contributed by atoms with Crippen LogP contribution in [-0.2, 0) is 4.74 Å². The smallest absolute Gasteiger partial charge is 0.276 e. The van der Waals surface area contributed by atoms with Crippen molar-refractivity contribution in [2.75, 3.05) is 18.5 Å². The van der Waals surface area contributed by atoms with Crippen LogP contribution >= 0.6 is 22.9 Å². The van der Waals surface area contributed by atoms with E-state index >= 15 is 0 Å². The summed E-state index contributed by atoms with van der Waals surface area (Å²) in [4.78, 5) is 18.2. The Kier molecular flexibility index (Phi) is 5.44. The van der Waals surface area contributed by atoms with Crippen LogP contribution in [0.5, 0.6) is 0 Å². The monoisotopic (exact) mass is 412 g/mol. The topological polar surface area (TPSA) is 69.0 Å². The lowest BCUT2D eigenvalue weighted by atomic mass is 10.2. The average Bonchev–Trinajstić information content (AvgIpc) is 3.43. The first kappa shape index (κ1) is 18.7. The van der Waals surface area contributed by atoms with Crippen LogP contribution in [0.1, 0.15) is 39.0 Å². The van der Waals surface area contributed by atoms with E-state index < -0.39 is 0 Å². The predicted octanol–water partition coefficient (Wildman–Crippen LogP) is 3.91. The lowest BCUT2D eigenvalue weighted by Crippen LogP contribution is -2.22. The highest BCUT2D eigenvalue weighted by atomic mass is 35.5. The van der Waals surface area contributed by atoms with Crippen LogP contribution in [-0.4, -0.2) is 33.9 Å². The number of hydrogen-bond acceptors (Lipinski definition) is 5. The first-order chi connectivity index (χ1) is 13.6. The molecule has 1 amide bonds. The van der Waals surface area contributed by atoms with Crippen molar-refractivity contribution in [3.63, 3.8) is 0 Å². The number of halogens is 1. The highest BCUT2D eigenvalue weighted by Gasteiger charge is 2.26. The molecule has 0 spiro atoms. The SMILES string of the molecule is Cc1cc(C#Cc2cccs2)cnc1NC(=O)c1c(Cl)cnn1[C@H]1CCOC1. The average molecular weight is 413 g/mol. The van der Waals surface area contributed by atoms with Gasteiger partial charge in [-0.2, -0.15) is 5.10 Å². The van der Waals surface area contributed by atoms with Gasteiger partial charge >= 0.3 is 0 Å². The summed E-state index contributed by atoms with van der Waals surface area (Å²) >= 11 is 7.81. The van der Waals surface area contributed by atoms with E-state index in [1.807, 2.05) is 30.5 Å². The van der Waals surface area contributed by atoms with Crippen molar-refractivity contribution in [1.82, 2.24) is 14.8 Å². The highest BCUT2D eigenvalue weighted by Crippen LogP contribution is 2.25. The molecule has 1 saturated heterocycles. The zero-order chi connectivity index (χ0) is 19.5. The summed E-state index contributed by atoms with van der Waals surface area (Å²) in [5.41, 5.74) is 1.92. The molecule has 0 unspecified atom stereocenters. The lowest BCUT2D eigenvalue weighted by molar-refractivity contribution is 0.101. The summed E-state index contributed by atoms with van der Waals surface area (Å²) in [7, 11) is 0. The molecule has 1 fully saturated rings. The van der Waals surface area contributed by atoms with Gasteiger partial charge in [0.25, 0.3) is 5.91 Å². The third kappa shape index (κ3) is 3.94. The zero-order valence-electron chi connectivity index (χ0n) is 15.1. The third-order valence-corrected chi connectivity index (χ3v) is 5.44. The summed E-state index contributed by atoms with van der Waals surface area (Å²) in [6, 6.07) is 5.84. The lowest BCUT2D eigenvalue weighted by Gasteiger charge is -2.13. The highest BCUT2D eigenvalue weighted by molar-refractivity contribution is 7.10. The van der Waals surface area contributed by atoms with E-state index in [0.717, 1.165) is 22.4 Å². The Hall–Kier alpha value is -2.66. The van der Waals surface area contributed by atoms with E-state index in [1.54, 1.807) is 22.2 Å². The summed E-state index contributed by atoms with van der Waals surface area (Å²) in [6.07, 6.45) is 3.93. The fourth-order valence-corrected chi connectivity index (χ4v) is 3.76. The van der Waals surface area contributed by atoms with E-state index in [4.69, 9.17) is 16.3 Å². The first-order valence-corrected chi connectivity index (χ1v) is 10.0. The normalized spacial score (nSPS) is 15.9. The molecular formula is C20H17ClN4O2S. The molecule has 4 heterocycles. The number of thiophene rings is 1. The number of carbonyl (C=O) groups excluding carboxylic acids is 1. The fraction of sp³-hybridized carbons (Fsp3) is 0.250. The largest absolute Gasteiger partial charge is 0.379 e. The molecule has 1 aliphatic rings. The Morgan fingerprint density at radius 1 is 1.43 bits per heavy atom. The summed E-state index contributed by atoms with van der Waals surface area (Å²) in [6.45, 7) is 3.05. The predicted molar refractivity (Wildman–Crippen MR) is 109 cm³/mol. The number of aromatic nitrogens is 3. The molecule has 28 heavy (non-hydrogen) atoms. The molecule has 8 heteroatoms. The van der Waals surface area contributed by atoms with E-state index in [9.17, 15) is 4.79 Å². The van der Waals surface area contributed by atoms with Gasteiger partial charge in [-0.1, -0.05) is 29.5 Å². The van der Waals surface area contributed by atoms with Crippen LogP contribution in [0.15, 0.2) is 36.0 Å². The van der Waals surface area contributed by atoms with Crippen molar-refractivity contribution in [2.45, 2.75) is 19.4 Å². The second-order valence-electron chi connectivity index (χ2n) is 6.37. The van der Waals surface area contributed by atoms with Gasteiger partial charge < -0.3 is 10.1 Å². The van der Waals surface area contributed by atoms with Gasteiger partial charge in [-0.3, -0.25) is 9.48 Å². The van der Waals surface area contributed by atoms with Crippen LogP contribution in [0.3, 0.4) is 0 Å². The van der Waals surface area contributed by atoms with Crippen LogP contribution < -0.4 is 5.32 Å². The number of hydrogen-bond donors (Lipinski definition) is 1. The van der Waals surface area contributed by atoms with Gasteiger partial charge in [-0.25, -0.2) is 4.98 Å². The molecule has 1 aliphatic heterocycles. The van der Waals surface area contributed by atoms with Gasteiger partial charge in [-0.15, -0.1) is 11.3 Å². The van der Waals surface area contributed by atoms with Gasteiger partial charge in [0.1, 0.15) is 11.5 Å². The molecule has 6 nitrogen and oxygen atoms in total. The van der Waals surface area contributed by atoms with Crippen molar-refractivity contribution in [3.8, 4) is 11.8 Å². The number of rotatable bonds is 3. The van der Waals surface area contributed by atoms with Crippen molar-refractivity contribution in [2.24, 2.45) is 0 Å². The van der Waals surface area contributed by atoms with Gasteiger partial charge in [0, 0.05) is 18.4 Å². The maximum atomic E-state index is 12.8. The number of pyridine rings is 1. The second kappa shape index (κ2) is 8.15. The van der Waals surface area contributed by atoms with E-state index in [-0.39, 0.29) is 11.9 Å². The third-order valence-electron chi connectivity index (χ3n) is 4.38. The molecule has 0 bridgehead atoms. The first-order valence-electron chi connectivity index (χ1n) is 8.76. The minimum Gasteiger partial charge on any atom is -0.379 e. The van der Waals surface area contributed by atoms with E-state index in [1.165, 1.54) is 6.20 Å². The number of anilines is 1. The Bertz CT molecular complexity index is 1060. The van der Waals surface area contributed by atoms with Crippen molar-refractivity contribution in [3.05, 3.63) is 62.7 Å². The van der Waals surface area contributed by atoms with Crippen LogP contribution in [0.4, 0.5) is 5.82 Å². The molecule has 1 atom stereocenters. The molecule has 3 aromatic heterocycles. The van der Waals surface area contributed by atoms with Crippen molar-refractivity contribution in [1.29, 1.82) is 0 Å². The van der Waals surface area contributed by atoms with Crippen LogP contribution in [0.25, 0.3) is 0 Å². The summed E-state index contributed by atoms with van der Waals surface area (Å²) < 4.78 is 7.04. The quantitative estimate of drug-likeness (QED) is 0.662. The number of nitrogens with one attached hydrogen (secondary N) is 1. The minimum atomic E-state index is -0.345. The Morgan fingerprint density at radius 3 is 3.04 bits per heavy atom. The van der Waals surface area contributed by atoms with Gasteiger partial charge in [-0.05, 0) is 36.4 Å². The standard InChI is InChI=1S/C20H17ClN4O2S/c1-13-9-14(4-5-16-3-2-8-28-16)10-22-19(13)24-20(26)18-17(21)11-23-25(18)15-6-7-27-12-15/h2-3,8-11,15H,6-7,12H2,1H3,(H,22,24,26)/t15-/m0/s1. The molecule has 1 N–H and O–H groups in total. The maximum Gasteiger partial charge on any atom is 0.276 e. The summed E-state index contributed by atoms with van der Waals surface area (Å²) in [5.74, 6) is 6.31. The molecular weight excluding hydrogens is 396 g/mol. The number of ether oxygens (including phenoxy) is 1. The number of amides is 1. The molecule has 0 aliphatic carbocycles. The fourth-order valence-electron chi connectivity index (χ4n) is 2.97. The summed E-state index contributed by atoms with van der Waals surface area (Å²) in [5, 5.41) is 9.38. The van der Waals surface area contributed by atoms with E-state index in [2.05, 4.69) is 27.2 Å². The molecule has 4 rings (SSSR count). The Morgan fingerprint density at radius 2 is 2.32 bits per heavy atom. The van der Waals surface area contributed by atoms with Crippen LogP contribution in [0.2, 0.25) is 5.02 Å². The molecule has 0 saturated carbocycles. The minimum absolute atomic E-state index is 0.0113. The van der Waals surface area contributed by atoms with Gasteiger partial charge in [0.15, 0.2) is 0 Å². The van der Waals surface area contributed by atoms with Crippen LogP contribution in [0, 0.1) is 18.8 Å². The molecule has 0 radical (unpaired) electrons.